The maximum absolute atomic E-state index is 11.8. The van der Waals surface area contributed by atoms with Crippen LogP contribution in [0.2, 0.25) is 0 Å². The van der Waals surface area contributed by atoms with Gasteiger partial charge >= 0.3 is 5.97 Å². The molecule has 0 aliphatic rings. The second kappa shape index (κ2) is 6.17. The lowest BCUT2D eigenvalue weighted by molar-refractivity contribution is -0.122. The summed E-state index contributed by atoms with van der Waals surface area (Å²) in [5.41, 5.74) is 0.804. The van der Waals surface area contributed by atoms with Crippen LogP contribution in [0.1, 0.15) is 24.3 Å². The van der Waals surface area contributed by atoms with E-state index in [0.717, 1.165) is 0 Å². The first kappa shape index (κ1) is 14.7. The van der Waals surface area contributed by atoms with Gasteiger partial charge < -0.3 is 10.4 Å². The van der Waals surface area contributed by atoms with Crippen molar-refractivity contribution in [2.75, 3.05) is 0 Å². The van der Waals surface area contributed by atoms with Gasteiger partial charge in [0, 0.05) is 11.6 Å². The molecule has 2 aromatic rings. The second-order valence-electron chi connectivity index (χ2n) is 4.84. The summed E-state index contributed by atoms with van der Waals surface area (Å²) in [5.74, 6) is -1.42. The molecule has 0 unspecified atom stereocenters. The van der Waals surface area contributed by atoms with Crippen molar-refractivity contribution in [2.24, 2.45) is 0 Å². The summed E-state index contributed by atoms with van der Waals surface area (Å²) in [5, 5.41) is 19.4. The van der Waals surface area contributed by atoms with Gasteiger partial charge in [-0.15, -0.1) is 5.10 Å². The maximum atomic E-state index is 11.8. The van der Waals surface area contributed by atoms with Crippen LogP contribution in [-0.4, -0.2) is 38.0 Å². The Morgan fingerprint density at radius 1 is 1.29 bits per heavy atom. The molecule has 0 aliphatic carbocycles. The number of nitrogens with zero attached hydrogens (tertiary/aromatic N) is 3. The van der Waals surface area contributed by atoms with Crippen LogP contribution in [0.15, 0.2) is 30.3 Å². The first-order valence-corrected chi connectivity index (χ1v) is 6.50. The Labute approximate surface area is 121 Å². The monoisotopic (exact) mass is 288 g/mol. The number of hydrogen-bond acceptors (Lipinski definition) is 4. The molecule has 0 aliphatic heterocycles. The van der Waals surface area contributed by atoms with E-state index in [4.69, 9.17) is 0 Å². The molecule has 1 aromatic heterocycles. The third-order valence-corrected chi connectivity index (χ3v) is 2.73. The predicted molar refractivity (Wildman–Crippen MR) is 75.7 cm³/mol. The van der Waals surface area contributed by atoms with E-state index >= 15 is 0 Å². The normalized spacial score (nSPS) is 10.6. The molecule has 0 saturated heterocycles. The fourth-order valence-electron chi connectivity index (χ4n) is 1.95. The molecular weight excluding hydrogens is 272 g/mol. The SMILES string of the molecule is CC(C)NC(=O)Cn1nnc(C(=O)O)c1-c1ccccc1. The van der Waals surface area contributed by atoms with E-state index in [1.807, 2.05) is 19.9 Å². The standard InChI is InChI=1S/C14H16N4O3/c1-9(2)15-11(19)8-18-13(10-6-4-3-5-7-10)12(14(20)21)16-17-18/h3-7,9H,8H2,1-2H3,(H,15,19)(H,20,21). The van der Waals surface area contributed by atoms with E-state index in [2.05, 4.69) is 15.6 Å². The van der Waals surface area contributed by atoms with Crippen LogP contribution in [0, 0.1) is 0 Å². The van der Waals surface area contributed by atoms with Crippen LogP contribution in [0.4, 0.5) is 0 Å². The van der Waals surface area contributed by atoms with Crippen LogP contribution in [0.25, 0.3) is 11.3 Å². The minimum absolute atomic E-state index is 0.000130. The zero-order valence-electron chi connectivity index (χ0n) is 11.8. The number of aromatic nitrogens is 3. The summed E-state index contributed by atoms with van der Waals surface area (Å²) >= 11 is 0. The van der Waals surface area contributed by atoms with Gasteiger partial charge in [-0.2, -0.15) is 0 Å². The van der Waals surface area contributed by atoms with Crippen LogP contribution in [0.3, 0.4) is 0 Å². The van der Waals surface area contributed by atoms with Gasteiger partial charge in [0.15, 0.2) is 5.69 Å². The van der Waals surface area contributed by atoms with Gasteiger partial charge in [-0.3, -0.25) is 4.79 Å². The molecule has 0 spiro atoms. The van der Waals surface area contributed by atoms with Gasteiger partial charge in [0.25, 0.3) is 0 Å². The Hall–Kier alpha value is -2.70. The van der Waals surface area contributed by atoms with E-state index in [1.54, 1.807) is 24.3 Å². The smallest absolute Gasteiger partial charge is 0.358 e. The fraction of sp³-hybridized carbons (Fsp3) is 0.286. The number of rotatable bonds is 5. The first-order chi connectivity index (χ1) is 9.99. The number of aromatic carboxylic acids is 1. The van der Waals surface area contributed by atoms with Crippen LogP contribution < -0.4 is 5.32 Å². The van der Waals surface area contributed by atoms with Gasteiger partial charge in [-0.05, 0) is 13.8 Å². The van der Waals surface area contributed by atoms with Crippen LogP contribution in [0.5, 0.6) is 0 Å². The van der Waals surface area contributed by atoms with Crippen molar-refractivity contribution in [3.05, 3.63) is 36.0 Å². The third kappa shape index (κ3) is 3.44. The molecule has 7 nitrogen and oxygen atoms in total. The molecular formula is C14H16N4O3. The van der Waals surface area contributed by atoms with Gasteiger partial charge in [0.2, 0.25) is 5.91 Å². The van der Waals surface area contributed by atoms with Crippen molar-refractivity contribution in [1.82, 2.24) is 20.3 Å². The number of hydrogen-bond donors (Lipinski definition) is 2. The summed E-state index contributed by atoms with van der Waals surface area (Å²) in [6.45, 7) is 3.61. The van der Waals surface area contributed by atoms with E-state index in [9.17, 15) is 14.7 Å². The zero-order chi connectivity index (χ0) is 15.4. The molecule has 1 amide bonds. The number of carbonyl (C=O) groups excluding carboxylic acids is 1. The highest BCUT2D eigenvalue weighted by molar-refractivity contribution is 5.93. The molecule has 1 heterocycles. The maximum Gasteiger partial charge on any atom is 0.358 e. The first-order valence-electron chi connectivity index (χ1n) is 6.50. The number of amides is 1. The molecule has 21 heavy (non-hydrogen) atoms. The molecule has 0 saturated carbocycles. The van der Waals surface area contributed by atoms with Crippen molar-refractivity contribution in [1.29, 1.82) is 0 Å². The molecule has 0 radical (unpaired) electrons. The highest BCUT2D eigenvalue weighted by Crippen LogP contribution is 2.21. The Bertz CT molecular complexity index is 649. The van der Waals surface area contributed by atoms with Crippen LogP contribution >= 0.6 is 0 Å². The number of carboxylic acids is 1. The summed E-state index contributed by atoms with van der Waals surface area (Å²) in [7, 11) is 0. The van der Waals surface area contributed by atoms with Crippen molar-refractivity contribution in [2.45, 2.75) is 26.4 Å². The molecule has 0 bridgehead atoms. The van der Waals surface area contributed by atoms with Crippen molar-refractivity contribution >= 4 is 11.9 Å². The largest absolute Gasteiger partial charge is 0.476 e. The third-order valence-electron chi connectivity index (χ3n) is 2.73. The molecule has 0 fully saturated rings. The van der Waals surface area contributed by atoms with E-state index in [-0.39, 0.29) is 24.2 Å². The number of carboxylic acid groups (broad SMARTS) is 1. The van der Waals surface area contributed by atoms with Gasteiger partial charge in [0.05, 0.1) is 0 Å². The Morgan fingerprint density at radius 2 is 1.95 bits per heavy atom. The van der Waals surface area contributed by atoms with E-state index < -0.39 is 5.97 Å². The van der Waals surface area contributed by atoms with Gasteiger partial charge in [-0.1, -0.05) is 35.5 Å². The average Bonchev–Trinajstić information content (AvgIpc) is 2.82. The minimum Gasteiger partial charge on any atom is -0.476 e. The number of benzene rings is 1. The lowest BCUT2D eigenvalue weighted by atomic mass is 10.1. The van der Waals surface area contributed by atoms with E-state index in [0.29, 0.717) is 11.3 Å². The Balaban J connectivity index is 2.39. The second-order valence-corrected chi connectivity index (χ2v) is 4.84. The molecule has 110 valence electrons. The highest BCUT2D eigenvalue weighted by Gasteiger charge is 2.21. The molecule has 2 N–H and O–H groups in total. The number of carbonyl (C=O) groups is 2. The molecule has 1 aromatic carbocycles. The van der Waals surface area contributed by atoms with Gasteiger partial charge in [-0.25, -0.2) is 9.48 Å². The Morgan fingerprint density at radius 3 is 2.52 bits per heavy atom. The highest BCUT2D eigenvalue weighted by atomic mass is 16.4. The lowest BCUT2D eigenvalue weighted by Crippen LogP contribution is -2.33. The van der Waals surface area contributed by atoms with Crippen molar-refractivity contribution in [3.63, 3.8) is 0 Å². The Kier molecular flexibility index (Phi) is 4.32. The molecule has 0 atom stereocenters. The molecule has 7 heteroatoms. The summed E-state index contributed by atoms with van der Waals surface area (Å²) in [6.07, 6.45) is 0. The summed E-state index contributed by atoms with van der Waals surface area (Å²) < 4.78 is 1.30. The van der Waals surface area contributed by atoms with Crippen molar-refractivity contribution < 1.29 is 14.7 Å². The zero-order valence-corrected chi connectivity index (χ0v) is 11.8. The predicted octanol–water partition coefficient (Wildman–Crippen LogP) is 1.17. The quantitative estimate of drug-likeness (QED) is 0.860. The topological polar surface area (TPSA) is 97.1 Å². The number of nitrogens with one attached hydrogen (secondary N) is 1. The van der Waals surface area contributed by atoms with Crippen LogP contribution in [-0.2, 0) is 11.3 Å². The summed E-state index contributed by atoms with van der Waals surface area (Å²) in [6, 6.07) is 8.90. The minimum atomic E-state index is -1.18. The summed E-state index contributed by atoms with van der Waals surface area (Å²) in [4.78, 5) is 23.1. The van der Waals surface area contributed by atoms with E-state index in [1.165, 1.54) is 4.68 Å². The van der Waals surface area contributed by atoms with Gasteiger partial charge in [0.1, 0.15) is 12.2 Å². The average molecular weight is 288 g/mol. The molecule has 2 rings (SSSR count). The van der Waals surface area contributed by atoms with Crippen molar-refractivity contribution in [3.8, 4) is 11.3 Å². The fourth-order valence-corrected chi connectivity index (χ4v) is 1.95. The lowest BCUT2D eigenvalue weighted by Gasteiger charge is -2.10.